The molecule has 0 saturated heterocycles. The second kappa shape index (κ2) is 10.4. The van der Waals surface area contributed by atoms with E-state index in [9.17, 15) is 9.59 Å². The van der Waals surface area contributed by atoms with Crippen molar-refractivity contribution in [2.45, 2.75) is 32.1 Å². The van der Waals surface area contributed by atoms with Crippen LogP contribution in [0.1, 0.15) is 57.3 Å². The molecule has 3 aromatic carbocycles. The Bertz CT molecular complexity index is 1350. The third-order valence-electron chi connectivity index (χ3n) is 6.39. The summed E-state index contributed by atoms with van der Waals surface area (Å²) in [5, 5.41) is 7.42. The van der Waals surface area contributed by atoms with Crippen LogP contribution in [0, 0.1) is 6.92 Å². The fraction of sp³-hybridized carbons (Fsp3) is 0.167. The molecule has 0 aliphatic heterocycles. The molecule has 1 heterocycles. The van der Waals surface area contributed by atoms with E-state index >= 15 is 0 Å². The molecule has 5 rings (SSSR count). The lowest BCUT2D eigenvalue weighted by Gasteiger charge is -2.18. The topological polar surface area (TPSA) is 83.7 Å². The summed E-state index contributed by atoms with van der Waals surface area (Å²) in [6, 6.07) is 28.6. The third kappa shape index (κ3) is 4.84. The van der Waals surface area contributed by atoms with Gasteiger partial charge in [0.15, 0.2) is 5.76 Å². The minimum absolute atomic E-state index is 0.213. The van der Waals surface area contributed by atoms with Crippen LogP contribution in [-0.4, -0.2) is 17.5 Å². The predicted molar refractivity (Wildman–Crippen MR) is 140 cm³/mol. The molecule has 0 fully saturated rings. The van der Waals surface area contributed by atoms with E-state index in [1.807, 2.05) is 97.9 Å². The first-order chi connectivity index (χ1) is 17.6. The number of hydrazone groups is 1. The second-order valence-corrected chi connectivity index (χ2v) is 8.82. The van der Waals surface area contributed by atoms with E-state index in [1.165, 1.54) is 0 Å². The third-order valence-corrected chi connectivity index (χ3v) is 6.39. The van der Waals surface area contributed by atoms with Gasteiger partial charge in [-0.15, -0.1) is 0 Å². The van der Waals surface area contributed by atoms with Crippen molar-refractivity contribution in [3.63, 3.8) is 0 Å². The van der Waals surface area contributed by atoms with Crippen molar-refractivity contribution >= 4 is 23.2 Å². The standard InChI is InChI=1S/C30H27N3O3/c1-20-26-24(18-11-19-25(26)36-28(20)30(35)31-23-16-9-4-10-17-23)32-33-29(34)27(21-12-5-2-6-13-21)22-14-7-3-8-15-22/h2-10,12-17,27H,11,18-19H2,1H3,(H,31,35)(H,33,34)/b32-24+. The summed E-state index contributed by atoms with van der Waals surface area (Å²) in [4.78, 5) is 26.3. The molecule has 2 amide bonds. The zero-order chi connectivity index (χ0) is 24.9. The number of carbonyl (C=O) groups excluding carboxylic acids is 2. The van der Waals surface area contributed by atoms with Gasteiger partial charge in [0, 0.05) is 23.2 Å². The number of rotatable bonds is 6. The zero-order valence-corrected chi connectivity index (χ0v) is 20.0. The fourth-order valence-electron chi connectivity index (χ4n) is 4.68. The number of amides is 2. The molecule has 0 radical (unpaired) electrons. The summed E-state index contributed by atoms with van der Waals surface area (Å²) in [6.07, 6.45) is 2.24. The van der Waals surface area contributed by atoms with Gasteiger partial charge in [-0.25, -0.2) is 5.43 Å². The van der Waals surface area contributed by atoms with Crippen molar-refractivity contribution in [1.82, 2.24) is 5.43 Å². The molecule has 6 heteroatoms. The number of fused-ring (bicyclic) bond motifs is 1. The molecule has 0 atom stereocenters. The Morgan fingerprint density at radius 2 is 1.42 bits per heavy atom. The van der Waals surface area contributed by atoms with Crippen LogP contribution >= 0.6 is 0 Å². The maximum absolute atomic E-state index is 13.4. The fourth-order valence-corrected chi connectivity index (χ4v) is 4.68. The lowest BCUT2D eigenvalue weighted by Crippen LogP contribution is -2.28. The molecule has 1 aromatic heterocycles. The van der Waals surface area contributed by atoms with Crippen LogP contribution in [0.5, 0.6) is 0 Å². The predicted octanol–water partition coefficient (Wildman–Crippen LogP) is 5.83. The minimum Gasteiger partial charge on any atom is -0.455 e. The number of nitrogens with one attached hydrogen (secondary N) is 2. The van der Waals surface area contributed by atoms with E-state index in [4.69, 9.17) is 4.42 Å². The molecule has 36 heavy (non-hydrogen) atoms. The Morgan fingerprint density at radius 1 is 0.833 bits per heavy atom. The van der Waals surface area contributed by atoms with Crippen LogP contribution in [-0.2, 0) is 11.2 Å². The minimum atomic E-state index is -0.488. The highest BCUT2D eigenvalue weighted by Gasteiger charge is 2.29. The molecule has 0 spiro atoms. The first-order valence-electron chi connectivity index (χ1n) is 12.1. The van der Waals surface area contributed by atoms with Gasteiger partial charge >= 0.3 is 0 Å². The van der Waals surface area contributed by atoms with E-state index in [-0.39, 0.29) is 17.6 Å². The van der Waals surface area contributed by atoms with Crippen LogP contribution in [0.25, 0.3) is 0 Å². The number of nitrogens with zero attached hydrogens (tertiary/aromatic N) is 1. The van der Waals surface area contributed by atoms with Gasteiger partial charge < -0.3 is 9.73 Å². The summed E-state index contributed by atoms with van der Waals surface area (Å²) in [7, 11) is 0. The van der Waals surface area contributed by atoms with Gasteiger partial charge in [0.25, 0.3) is 11.8 Å². The Morgan fingerprint density at radius 3 is 2.03 bits per heavy atom. The second-order valence-electron chi connectivity index (χ2n) is 8.82. The van der Waals surface area contributed by atoms with Crippen molar-refractivity contribution in [1.29, 1.82) is 0 Å². The normalized spacial score (nSPS) is 13.9. The summed E-state index contributed by atoms with van der Waals surface area (Å²) in [5.74, 6) is 0.00115. The van der Waals surface area contributed by atoms with Gasteiger partial charge in [-0.2, -0.15) is 5.10 Å². The highest BCUT2D eigenvalue weighted by molar-refractivity contribution is 6.09. The molecule has 180 valence electrons. The molecule has 2 N–H and O–H groups in total. The number of furan rings is 1. The molecule has 0 bridgehead atoms. The Hall–Kier alpha value is -4.45. The monoisotopic (exact) mass is 477 g/mol. The Balaban J connectivity index is 1.41. The highest BCUT2D eigenvalue weighted by Crippen LogP contribution is 2.31. The maximum atomic E-state index is 13.4. The first kappa shape index (κ1) is 23.3. The molecular formula is C30H27N3O3. The molecule has 1 aliphatic carbocycles. The zero-order valence-electron chi connectivity index (χ0n) is 20.0. The molecule has 4 aromatic rings. The van der Waals surface area contributed by atoms with Gasteiger partial charge in [-0.3, -0.25) is 9.59 Å². The van der Waals surface area contributed by atoms with Gasteiger partial charge in [-0.05, 0) is 43.0 Å². The molecular weight excluding hydrogens is 450 g/mol. The summed E-state index contributed by atoms with van der Waals surface area (Å²) >= 11 is 0. The lowest BCUT2D eigenvalue weighted by molar-refractivity contribution is -0.121. The smallest absolute Gasteiger partial charge is 0.291 e. The number of hydrogen-bond acceptors (Lipinski definition) is 4. The SMILES string of the molecule is Cc1c(C(=O)Nc2ccccc2)oc2c1/C(=N/NC(=O)C(c1ccccc1)c1ccccc1)CCC2. The van der Waals surface area contributed by atoms with Crippen LogP contribution in [0.2, 0.25) is 0 Å². The van der Waals surface area contributed by atoms with Gasteiger partial charge in [0.05, 0.1) is 11.6 Å². The van der Waals surface area contributed by atoms with Crippen LogP contribution in [0.15, 0.2) is 101 Å². The number of carbonyl (C=O) groups is 2. The number of benzene rings is 3. The van der Waals surface area contributed by atoms with Crippen molar-refractivity contribution in [3.05, 3.63) is 125 Å². The van der Waals surface area contributed by atoms with Crippen molar-refractivity contribution in [2.24, 2.45) is 5.10 Å². The highest BCUT2D eigenvalue weighted by atomic mass is 16.4. The van der Waals surface area contributed by atoms with Gasteiger partial charge in [0.2, 0.25) is 0 Å². The number of aryl methyl sites for hydroxylation is 1. The average molecular weight is 478 g/mol. The average Bonchev–Trinajstić information content (AvgIpc) is 3.26. The number of para-hydroxylation sites is 1. The largest absolute Gasteiger partial charge is 0.455 e. The Kier molecular flexibility index (Phi) is 6.76. The molecule has 6 nitrogen and oxygen atoms in total. The van der Waals surface area contributed by atoms with Gasteiger partial charge in [0.1, 0.15) is 5.76 Å². The van der Waals surface area contributed by atoms with E-state index in [0.717, 1.165) is 46.6 Å². The quantitative estimate of drug-likeness (QED) is 0.343. The molecule has 1 aliphatic rings. The lowest BCUT2D eigenvalue weighted by atomic mass is 9.90. The van der Waals surface area contributed by atoms with E-state index in [1.54, 1.807) is 0 Å². The van der Waals surface area contributed by atoms with Crippen LogP contribution in [0.4, 0.5) is 5.69 Å². The van der Waals surface area contributed by atoms with Crippen molar-refractivity contribution in [3.8, 4) is 0 Å². The Labute approximate surface area is 210 Å². The van der Waals surface area contributed by atoms with Gasteiger partial charge in [-0.1, -0.05) is 78.9 Å². The summed E-state index contributed by atoms with van der Waals surface area (Å²) in [5.41, 5.74) is 7.56. The van der Waals surface area contributed by atoms with E-state index in [0.29, 0.717) is 12.1 Å². The summed E-state index contributed by atoms with van der Waals surface area (Å²) in [6.45, 7) is 1.86. The van der Waals surface area contributed by atoms with E-state index in [2.05, 4.69) is 15.8 Å². The van der Waals surface area contributed by atoms with Crippen LogP contribution < -0.4 is 10.7 Å². The maximum Gasteiger partial charge on any atom is 0.291 e. The van der Waals surface area contributed by atoms with Crippen molar-refractivity contribution < 1.29 is 14.0 Å². The van der Waals surface area contributed by atoms with Crippen LogP contribution in [0.3, 0.4) is 0 Å². The number of anilines is 1. The van der Waals surface area contributed by atoms with Crippen molar-refractivity contribution in [2.75, 3.05) is 5.32 Å². The molecule has 0 unspecified atom stereocenters. The van der Waals surface area contributed by atoms with E-state index < -0.39 is 5.92 Å². The number of hydrogen-bond donors (Lipinski definition) is 2. The summed E-state index contributed by atoms with van der Waals surface area (Å²) < 4.78 is 5.99. The first-order valence-corrected chi connectivity index (χ1v) is 12.1. The molecule has 0 saturated carbocycles.